The summed E-state index contributed by atoms with van der Waals surface area (Å²) in [6.07, 6.45) is 0. The topological polar surface area (TPSA) is 51.2 Å². The second kappa shape index (κ2) is 6.83. The molecule has 1 N–H and O–H groups in total. The van der Waals surface area contributed by atoms with Gasteiger partial charge in [0, 0.05) is 0 Å². The monoisotopic (exact) mass is 288 g/mol. The molecule has 0 aliphatic rings. The molecular weight excluding hydrogens is 271 g/mol. The van der Waals surface area contributed by atoms with Gasteiger partial charge in [-0.1, -0.05) is 32.0 Å². The second-order valence-corrected chi connectivity index (χ2v) is 5.00. The molecule has 0 aliphatic heterocycles. The van der Waals surface area contributed by atoms with Gasteiger partial charge in [-0.15, -0.1) is 0 Å². The van der Waals surface area contributed by atoms with Crippen LogP contribution in [0.3, 0.4) is 0 Å². The maximum Gasteiger partial charge on any atom is 0.274 e. The molecule has 0 fully saturated rings. The summed E-state index contributed by atoms with van der Waals surface area (Å²) in [5.41, 5.74) is 0.558. The fourth-order valence-corrected chi connectivity index (χ4v) is 1.67. The van der Waals surface area contributed by atoms with Crippen LogP contribution in [0.1, 0.15) is 24.3 Å². The van der Waals surface area contributed by atoms with Crippen molar-refractivity contribution in [2.24, 2.45) is 5.92 Å². The molecule has 2 rings (SSSR count). The van der Waals surface area contributed by atoms with E-state index in [0.717, 1.165) is 0 Å². The zero-order valence-corrected chi connectivity index (χ0v) is 12.0. The van der Waals surface area contributed by atoms with E-state index in [1.807, 2.05) is 19.9 Å². The van der Waals surface area contributed by atoms with E-state index in [0.29, 0.717) is 24.0 Å². The highest BCUT2D eigenvalue weighted by Gasteiger charge is 2.11. The molecule has 110 valence electrons. The van der Waals surface area contributed by atoms with Crippen LogP contribution in [0.15, 0.2) is 42.5 Å². The van der Waals surface area contributed by atoms with Crippen LogP contribution in [0.25, 0.3) is 0 Å². The van der Waals surface area contributed by atoms with E-state index in [2.05, 4.69) is 10.3 Å². The Hall–Kier alpha value is -2.43. The lowest BCUT2D eigenvalue weighted by Gasteiger charge is -2.13. The van der Waals surface area contributed by atoms with Crippen molar-refractivity contribution in [3.63, 3.8) is 0 Å². The Labute approximate surface area is 123 Å². The zero-order chi connectivity index (χ0) is 15.2. The molecule has 0 saturated heterocycles. The Morgan fingerprint density at radius 1 is 1.24 bits per heavy atom. The molecule has 0 spiro atoms. The number of benzene rings is 1. The average molecular weight is 288 g/mol. The van der Waals surface area contributed by atoms with E-state index in [4.69, 9.17) is 4.74 Å². The van der Waals surface area contributed by atoms with E-state index < -0.39 is 11.9 Å². The molecular formula is C16H17FN2O2. The van der Waals surface area contributed by atoms with Gasteiger partial charge in [-0.25, -0.2) is 4.98 Å². The minimum absolute atomic E-state index is 0.0219. The van der Waals surface area contributed by atoms with Crippen molar-refractivity contribution in [1.82, 2.24) is 4.98 Å². The van der Waals surface area contributed by atoms with Gasteiger partial charge in [0.1, 0.15) is 11.4 Å². The fourth-order valence-electron chi connectivity index (χ4n) is 1.67. The SMILES string of the molecule is CC(C)COc1ccccc1NC(=O)c1cccc(F)n1. The molecule has 0 radical (unpaired) electrons. The normalized spacial score (nSPS) is 10.5. The molecule has 1 heterocycles. The van der Waals surface area contributed by atoms with Gasteiger partial charge in [0.25, 0.3) is 5.91 Å². The van der Waals surface area contributed by atoms with E-state index >= 15 is 0 Å². The van der Waals surface area contributed by atoms with Gasteiger partial charge < -0.3 is 10.1 Å². The molecule has 0 bridgehead atoms. The molecule has 0 aliphatic carbocycles. The van der Waals surface area contributed by atoms with Crippen molar-refractivity contribution in [1.29, 1.82) is 0 Å². The first kappa shape index (κ1) is 15.0. The van der Waals surface area contributed by atoms with Gasteiger partial charge >= 0.3 is 0 Å². The number of nitrogens with one attached hydrogen (secondary N) is 1. The lowest BCUT2D eigenvalue weighted by Crippen LogP contribution is -2.15. The van der Waals surface area contributed by atoms with Crippen LogP contribution in [0.2, 0.25) is 0 Å². The van der Waals surface area contributed by atoms with E-state index in [9.17, 15) is 9.18 Å². The molecule has 0 atom stereocenters. The number of halogens is 1. The molecule has 0 saturated carbocycles. The predicted molar refractivity (Wildman–Crippen MR) is 78.9 cm³/mol. The van der Waals surface area contributed by atoms with Crippen LogP contribution in [0.5, 0.6) is 5.75 Å². The summed E-state index contributed by atoms with van der Waals surface area (Å²) in [5, 5.41) is 2.68. The Kier molecular flexibility index (Phi) is 4.87. The Morgan fingerprint density at radius 2 is 2.00 bits per heavy atom. The first-order chi connectivity index (χ1) is 10.1. The number of carbonyl (C=O) groups is 1. The van der Waals surface area contributed by atoms with Crippen molar-refractivity contribution in [2.75, 3.05) is 11.9 Å². The third kappa shape index (κ3) is 4.27. The number of rotatable bonds is 5. The van der Waals surface area contributed by atoms with Crippen molar-refractivity contribution < 1.29 is 13.9 Å². The fraction of sp³-hybridized carbons (Fsp3) is 0.250. The van der Waals surface area contributed by atoms with Gasteiger partial charge in [0.05, 0.1) is 12.3 Å². The predicted octanol–water partition coefficient (Wildman–Crippen LogP) is 3.51. The first-order valence-corrected chi connectivity index (χ1v) is 6.72. The summed E-state index contributed by atoms with van der Waals surface area (Å²) in [6, 6.07) is 11.2. The van der Waals surface area contributed by atoms with E-state index in [1.54, 1.807) is 18.2 Å². The van der Waals surface area contributed by atoms with Gasteiger partial charge in [0.15, 0.2) is 0 Å². The number of carbonyl (C=O) groups excluding carboxylic acids is 1. The highest BCUT2D eigenvalue weighted by Crippen LogP contribution is 2.24. The van der Waals surface area contributed by atoms with Crippen LogP contribution in [0, 0.1) is 11.9 Å². The number of anilines is 1. The van der Waals surface area contributed by atoms with Crippen LogP contribution in [-0.2, 0) is 0 Å². The molecule has 0 unspecified atom stereocenters. The third-order valence-electron chi connectivity index (χ3n) is 2.66. The molecule has 5 heteroatoms. The van der Waals surface area contributed by atoms with Gasteiger partial charge in [0.2, 0.25) is 5.95 Å². The molecule has 1 aromatic heterocycles. The lowest BCUT2D eigenvalue weighted by molar-refractivity contribution is 0.102. The van der Waals surface area contributed by atoms with Crippen LogP contribution >= 0.6 is 0 Å². The zero-order valence-electron chi connectivity index (χ0n) is 12.0. The number of amides is 1. The third-order valence-corrected chi connectivity index (χ3v) is 2.66. The Bertz CT molecular complexity index is 629. The minimum Gasteiger partial charge on any atom is -0.491 e. The van der Waals surface area contributed by atoms with Crippen LogP contribution < -0.4 is 10.1 Å². The van der Waals surface area contributed by atoms with Crippen molar-refractivity contribution >= 4 is 11.6 Å². The van der Waals surface area contributed by atoms with Crippen LogP contribution in [-0.4, -0.2) is 17.5 Å². The van der Waals surface area contributed by atoms with Crippen molar-refractivity contribution in [3.05, 3.63) is 54.1 Å². The average Bonchev–Trinajstić information content (AvgIpc) is 2.46. The van der Waals surface area contributed by atoms with E-state index in [1.165, 1.54) is 18.2 Å². The molecule has 1 aromatic carbocycles. The largest absolute Gasteiger partial charge is 0.491 e. The molecule has 2 aromatic rings. The summed E-state index contributed by atoms with van der Waals surface area (Å²) < 4.78 is 18.7. The number of pyridine rings is 1. The number of ether oxygens (including phenoxy) is 1. The smallest absolute Gasteiger partial charge is 0.274 e. The van der Waals surface area contributed by atoms with Gasteiger partial charge in [-0.2, -0.15) is 4.39 Å². The highest BCUT2D eigenvalue weighted by molar-refractivity contribution is 6.03. The first-order valence-electron chi connectivity index (χ1n) is 6.72. The number of aromatic nitrogens is 1. The van der Waals surface area contributed by atoms with E-state index in [-0.39, 0.29) is 5.69 Å². The number of para-hydroxylation sites is 2. The maximum absolute atomic E-state index is 13.0. The Morgan fingerprint density at radius 3 is 2.71 bits per heavy atom. The number of hydrogen-bond acceptors (Lipinski definition) is 3. The Balaban J connectivity index is 2.13. The maximum atomic E-state index is 13.0. The number of nitrogens with zero attached hydrogens (tertiary/aromatic N) is 1. The summed E-state index contributed by atoms with van der Waals surface area (Å²) in [7, 11) is 0. The van der Waals surface area contributed by atoms with Crippen molar-refractivity contribution in [2.45, 2.75) is 13.8 Å². The standard InChI is InChI=1S/C16H17FN2O2/c1-11(2)10-21-14-8-4-3-6-12(14)19-16(20)13-7-5-9-15(17)18-13/h3-9,11H,10H2,1-2H3,(H,19,20). The quantitative estimate of drug-likeness (QED) is 0.857. The van der Waals surface area contributed by atoms with Gasteiger partial charge in [-0.3, -0.25) is 4.79 Å². The van der Waals surface area contributed by atoms with Crippen LogP contribution in [0.4, 0.5) is 10.1 Å². The highest BCUT2D eigenvalue weighted by atomic mass is 19.1. The molecule has 21 heavy (non-hydrogen) atoms. The summed E-state index contributed by atoms with van der Waals surface area (Å²) in [5.74, 6) is -0.211. The van der Waals surface area contributed by atoms with Crippen molar-refractivity contribution in [3.8, 4) is 5.75 Å². The lowest BCUT2D eigenvalue weighted by atomic mass is 10.2. The summed E-state index contributed by atoms with van der Waals surface area (Å²) in [4.78, 5) is 15.6. The number of hydrogen-bond donors (Lipinski definition) is 1. The second-order valence-electron chi connectivity index (χ2n) is 5.00. The molecule has 1 amide bonds. The molecule has 4 nitrogen and oxygen atoms in total. The minimum atomic E-state index is -0.688. The van der Waals surface area contributed by atoms with Gasteiger partial charge in [-0.05, 0) is 30.2 Å². The summed E-state index contributed by atoms with van der Waals surface area (Å²) in [6.45, 7) is 4.63. The summed E-state index contributed by atoms with van der Waals surface area (Å²) >= 11 is 0.